The van der Waals surface area contributed by atoms with Gasteiger partial charge in [-0.05, 0) is 48.2 Å². The zero-order chi connectivity index (χ0) is 17.7. The summed E-state index contributed by atoms with van der Waals surface area (Å²) in [5.41, 5.74) is 7.43. The maximum absolute atomic E-state index is 9.78. The highest BCUT2D eigenvalue weighted by molar-refractivity contribution is 6.30. The fourth-order valence-corrected chi connectivity index (χ4v) is 3.25. The van der Waals surface area contributed by atoms with E-state index in [1.807, 2.05) is 42.5 Å². The van der Waals surface area contributed by atoms with Crippen molar-refractivity contribution in [3.63, 3.8) is 0 Å². The largest absolute Gasteiger partial charge is 0.493 e. The fourth-order valence-electron chi connectivity index (χ4n) is 3.06. The van der Waals surface area contributed by atoms with Gasteiger partial charge in [0.1, 0.15) is 6.23 Å². The Labute approximate surface area is 148 Å². The van der Waals surface area contributed by atoms with Crippen LogP contribution in [-0.4, -0.2) is 25.6 Å². The van der Waals surface area contributed by atoms with Crippen LogP contribution in [0.2, 0.25) is 5.02 Å². The zero-order valence-electron chi connectivity index (χ0n) is 14.3. The second-order valence-electron chi connectivity index (χ2n) is 6.21. The number of benzene rings is 2. The first-order valence-corrected chi connectivity index (χ1v) is 8.16. The lowest BCUT2D eigenvalue weighted by Crippen LogP contribution is -2.34. The van der Waals surface area contributed by atoms with E-state index in [1.54, 1.807) is 14.2 Å². The summed E-state index contributed by atoms with van der Waals surface area (Å²) in [5.74, 6) is 1.36. The molecule has 24 heavy (non-hydrogen) atoms. The van der Waals surface area contributed by atoms with Crippen molar-refractivity contribution in [3.05, 3.63) is 58.6 Å². The molecule has 0 aromatic heterocycles. The molecule has 5 heteroatoms. The maximum Gasteiger partial charge on any atom is 0.160 e. The van der Waals surface area contributed by atoms with Crippen molar-refractivity contribution in [1.82, 2.24) is 0 Å². The van der Waals surface area contributed by atoms with Gasteiger partial charge in [0, 0.05) is 10.4 Å². The number of methoxy groups -OCH3 is 2. The minimum absolute atomic E-state index is 0.362. The zero-order valence-corrected chi connectivity index (χ0v) is 15.0. The van der Waals surface area contributed by atoms with Gasteiger partial charge in [-0.1, -0.05) is 36.7 Å². The van der Waals surface area contributed by atoms with Crippen LogP contribution >= 0.6 is 11.6 Å². The third kappa shape index (κ3) is 4.41. The number of rotatable bonds is 7. The molecule has 0 aliphatic rings. The number of hydrogen-bond acceptors (Lipinski definition) is 4. The molecule has 2 aromatic carbocycles. The molecule has 0 aliphatic heterocycles. The van der Waals surface area contributed by atoms with E-state index in [4.69, 9.17) is 26.8 Å². The maximum atomic E-state index is 9.78. The summed E-state index contributed by atoms with van der Waals surface area (Å²) < 4.78 is 10.7. The predicted molar refractivity (Wildman–Crippen MR) is 96.9 cm³/mol. The van der Waals surface area contributed by atoms with Gasteiger partial charge in [0.25, 0.3) is 0 Å². The Balaban J connectivity index is 2.39. The molecule has 3 N–H and O–H groups in total. The average Bonchev–Trinajstić information content (AvgIpc) is 2.54. The lowest BCUT2D eigenvalue weighted by molar-refractivity contribution is 0.140. The van der Waals surface area contributed by atoms with Crippen LogP contribution in [-0.2, 0) is 11.8 Å². The Morgan fingerprint density at radius 1 is 1.12 bits per heavy atom. The second-order valence-corrected chi connectivity index (χ2v) is 6.65. The van der Waals surface area contributed by atoms with E-state index in [0.717, 1.165) is 11.1 Å². The van der Waals surface area contributed by atoms with E-state index >= 15 is 0 Å². The van der Waals surface area contributed by atoms with Crippen molar-refractivity contribution < 1.29 is 14.6 Å². The normalized spacial score (nSPS) is 14.8. The molecule has 0 fully saturated rings. The Kier molecular flexibility index (Phi) is 6.10. The standard InChI is InChI=1S/C19H24ClNO3/c1-19(12-18(21)22,14-5-4-6-15(20)10-14)11-13-7-8-16(23-2)17(9-13)24-3/h4-10,18,22H,11-12,21H2,1-3H3/t18-,19?/m1/s1. The first kappa shape index (κ1) is 18.6. The van der Waals surface area contributed by atoms with Gasteiger partial charge in [0.05, 0.1) is 14.2 Å². The third-order valence-corrected chi connectivity index (χ3v) is 4.46. The van der Waals surface area contributed by atoms with Crippen molar-refractivity contribution in [1.29, 1.82) is 0 Å². The summed E-state index contributed by atoms with van der Waals surface area (Å²) in [7, 11) is 3.22. The van der Waals surface area contributed by atoms with Crippen LogP contribution in [0, 0.1) is 0 Å². The van der Waals surface area contributed by atoms with Crippen LogP contribution in [0.5, 0.6) is 11.5 Å². The van der Waals surface area contributed by atoms with Gasteiger partial charge in [-0.15, -0.1) is 0 Å². The molecule has 0 saturated carbocycles. The summed E-state index contributed by atoms with van der Waals surface area (Å²) in [6.45, 7) is 2.07. The number of nitrogens with two attached hydrogens (primary N) is 1. The van der Waals surface area contributed by atoms with Gasteiger partial charge in [-0.3, -0.25) is 0 Å². The summed E-state index contributed by atoms with van der Waals surface area (Å²) in [6.07, 6.45) is 0.193. The molecule has 2 rings (SSSR count). The number of aliphatic hydroxyl groups excluding tert-OH is 1. The van der Waals surface area contributed by atoms with Gasteiger partial charge in [-0.25, -0.2) is 0 Å². The van der Waals surface area contributed by atoms with Crippen molar-refractivity contribution >= 4 is 11.6 Å². The highest BCUT2D eigenvalue weighted by Crippen LogP contribution is 2.36. The minimum atomic E-state index is -0.908. The van der Waals surface area contributed by atoms with E-state index in [9.17, 15) is 5.11 Å². The molecule has 0 amide bonds. The summed E-state index contributed by atoms with van der Waals surface area (Å²) in [5, 5.41) is 10.4. The molecule has 4 nitrogen and oxygen atoms in total. The van der Waals surface area contributed by atoms with E-state index in [-0.39, 0.29) is 5.41 Å². The molecule has 2 atom stereocenters. The number of halogens is 1. The second kappa shape index (κ2) is 7.88. The third-order valence-electron chi connectivity index (χ3n) is 4.22. The van der Waals surface area contributed by atoms with E-state index in [0.29, 0.717) is 29.4 Å². The van der Waals surface area contributed by atoms with Crippen molar-refractivity contribution in [2.75, 3.05) is 14.2 Å². The monoisotopic (exact) mass is 349 g/mol. The average molecular weight is 350 g/mol. The van der Waals surface area contributed by atoms with Crippen LogP contribution in [0.1, 0.15) is 24.5 Å². The van der Waals surface area contributed by atoms with Gasteiger partial charge >= 0.3 is 0 Å². The smallest absolute Gasteiger partial charge is 0.160 e. The molecule has 0 radical (unpaired) electrons. The molecule has 0 bridgehead atoms. The summed E-state index contributed by atoms with van der Waals surface area (Å²) >= 11 is 6.15. The van der Waals surface area contributed by atoms with Gasteiger partial charge < -0.3 is 20.3 Å². The number of hydrogen-bond donors (Lipinski definition) is 2. The Hall–Kier alpha value is -1.75. The summed E-state index contributed by atoms with van der Waals surface area (Å²) in [4.78, 5) is 0. The molecular weight excluding hydrogens is 326 g/mol. The van der Waals surface area contributed by atoms with E-state index < -0.39 is 6.23 Å². The van der Waals surface area contributed by atoms with E-state index in [2.05, 4.69) is 6.92 Å². The first-order valence-electron chi connectivity index (χ1n) is 7.78. The minimum Gasteiger partial charge on any atom is -0.493 e. The van der Waals surface area contributed by atoms with Crippen LogP contribution in [0.25, 0.3) is 0 Å². The van der Waals surface area contributed by atoms with Crippen LogP contribution in [0.3, 0.4) is 0 Å². The molecule has 2 aromatic rings. The van der Waals surface area contributed by atoms with E-state index in [1.165, 1.54) is 0 Å². The van der Waals surface area contributed by atoms with Crippen LogP contribution in [0.4, 0.5) is 0 Å². The number of ether oxygens (including phenoxy) is 2. The molecule has 0 aliphatic carbocycles. The highest BCUT2D eigenvalue weighted by Gasteiger charge is 2.29. The fraction of sp³-hybridized carbons (Fsp3) is 0.368. The molecule has 0 spiro atoms. The topological polar surface area (TPSA) is 64.7 Å². The van der Waals surface area contributed by atoms with Crippen molar-refractivity contribution in [2.24, 2.45) is 5.73 Å². The molecule has 1 unspecified atom stereocenters. The Morgan fingerprint density at radius 2 is 1.83 bits per heavy atom. The van der Waals surface area contributed by atoms with Gasteiger partial charge in [0.15, 0.2) is 11.5 Å². The van der Waals surface area contributed by atoms with Crippen LogP contribution in [0.15, 0.2) is 42.5 Å². The Morgan fingerprint density at radius 3 is 2.42 bits per heavy atom. The number of aliphatic hydroxyl groups is 1. The van der Waals surface area contributed by atoms with Gasteiger partial charge in [0.2, 0.25) is 0 Å². The predicted octanol–water partition coefficient (Wildman–Crippen LogP) is 3.52. The van der Waals surface area contributed by atoms with Crippen molar-refractivity contribution in [3.8, 4) is 11.5 Å². The molecule has 130 valence electrons. The lowest BCUT2D eigenvalue weighted by atomic mass is 9.74. The Bertz CT molecular complexity index is 690. The molecule has 0 saturated heterocycles. The molecular formula is C19H24ClNO3. The van der Waals surface area contributed by atoms with Crippen molar-refractivity contribution in [2.45, 2.75) is 31.4 Å². The van der Waals surface area contributed by atoms with Gasteiger partial charge in [-0.2, -0.15) is 0 Å². The lowest BCUT2D eigenvalue weighted by Gasteiger charge is -2.32. The highest BCUT2D eigenvalue weighted by atomic mass is 35.5. The summed E-state index contributed by atoms with van der Waals surface area (Å²) in [6, 6.07) is 13.5. The first-order chi connectivity index (χ1) is 11.4. The quantitative estimate of drug-likeness (QED) is 0.750. The SMILES string of the molecule is COc1ccc(CC(C)(C[C@H](N)O)c2cccc(Cl)c2)cc1OC. The molecule has 0 heterocycles. The van der Waals surface area contributed by atoms with Crippen LogP contribution < -0.4 is 15.2 Å².